The van der Waals surface area contributed by atoms with Gasteiger partial charge in [0.15, 0.2) is 0 Å². The Morgan fingerprint density at radius 1 is 1.67 bits per heavy atom. The molecule has 0 aromatic heterocycles. The first kappa shape index (κ1) is 7.39. The summed E-state index contributed by atoms with van der Waals surface area (Å²) in [5.74, 6) is -0.185. The molecule has 0 bridgehead atoms. The van der Waals surface area contributed by atoms with Crippen molar-refractivity contribution in [2.45, 2.75) is 30.8 Å². The van der Waals surface area contributed by atoms with E-state index in [1.807, 2.05) is 0 Å². The smallest absolute Gasteiger partial charge is 0.405 e. The highest BCUT2D eigenvalue weighted by Gasteiger charge is 2.52. The van der Waals surface area contributed by atoms with Gasteiger partial charge in [-0.1, -0.05) is 0 Å². The molecule has 1 heterocycles. The molecule has 2 fully saturated rings. The fourth-order valence-corrected chi connectivity index (χ4v) is 1.63. The predicted octanol–water partition coefficient (Wildman–Crippen LogP) is -0.325. The van der Waals surface area contributed by atoms with Crippen molar-refractivity contribution < 1.29 is 14.7 Å². The lowest BCUT2D eigenvalue weighted by molar-refractivity contribution is -0.121. The topological polar surface area (TPSA) is 78.4 Å². The van der Waals surface area contributed by atoms with E-state index in [-0.39, 0.29) is 11.4 Å². The van der Waals surface area contributed by atoms with E-state index in [1.54, 1.807) is 0 Å². The molecule has 1 saturated heterocycles. The Hall–Kier alpha value is -1.26. The first-order valence-electron chi connectivity index (χ1n) is 3.93. The molecule has 5 heteroatoms. The Kier molecular flexibility index (Phi) is 1.31. The molecular weight excluding hydrogens is 160 g/mol. The van der Waals surface area contributed by atoms with E-state index in [1.165, 1.54) is 0 Å². The third-order valence-corrected chi connectivity index (χ3v) is 2.45. The van der Waals surface area contributed by atoms with Gasteiger partial charge < -0.3 is 15.7 Å². The molecule has 12 heavy (non-hydrogen) atoms. The van der Waals surface area contributed by atoms with Crippen LogP contribution in [0.25, 0.3) is 0 Å². The Morgan fingerprint density at radius 2 is 2.33 bits per heavy atom. The summed E-state index contributed by atoms with van der Waals surface area (Å²) in [6.45, 7) is 0. The molecule has 5 nitrogen and oxygen atoms in total. The van der Waals surface area contributed by atoms with E-state index >= 15 is 0 Å². The van der Waals surface area contributed by atoms with Crippen molar-refractivity contribution >= 4 is 12.0 Å². The summed E-state index contributed by atoms with van der Waals surface area (Å²) >= 11 is 0. The number of hydrogen-bond donors (Lipinski definition) is 3. The minimum atomic E-state index is -1.13. The number of rotatable bonds is 1. The van der Waals surface area contributed by atoms with Crippen molar-refractivity contribution in [1.82, 2.24) is 10.6 Å². The van der Waals surface area contributed by atoms with E-state index in [9.17, 15) is 9.59 Å². The lowest BCUT2D eigenvalue weighted by atomic mass is 10.1. The minimum absolute atomic E-state index is 0.0514. The second kappa shape index (κ2) is 2.12. The third-order valence-electron chi connectivity index (χ3n) is 2.45. The van der Waals surface area contributed by atoms with Crippen molar-refractivity contribution in [3.63, 3.8) is 0 Å². The van der Waals surface area contributed by atoms with Gasteiger partial charge in [0.2, 0.25) is 5.91 Å². The summed E-state index contributed by atoms with van der Waals surface area (Å²) in [5, 5.41) is 13.4. The number of amides is 2. The fraction of sp³-hybridized carbons (Fsp3) is 0.714. The Labute approximate surface area is 69.1 Å². The maximum atomic E-state index is 11.1. The van der Waals surface area contributed by atoms with Crippen LogP contribution in [0.4, 0.5) is 4.79 Å². The highest BCUT2D eigenvalue weighted by molar-refractivity contribution is 5.88. The van der Waals surface area contributed by atoms with Crippen LogP contribution in [0.1, 0.15) is 19.3 Å². The zero-order chi connectivity index (χ0) is 8.77. The summed E-state index contributed by atoms with van der Waals surface area (Å²) in [4.78, 5) is 21.4. The first-order chi connectivity index (χ1) is 5.61. The van der Waals surface area contributed by atoms with Crippen LogP contribution in [0.5, 0.6) is 0 Å². The summed E-state index contributed by atoms with van der Waals surface area (Å²) in [6, 6.07) is -0.537. The molecule has 0 aromatic rings. The maximum Gasteiger partial charge on any atom is 0.405 e. The average molecular weight is 170 g/mol. The van der Waals surface area contributed by atoms with Gasteiger partial charge in [0.05, 0.1) is 0 Å². The lowest BCUT2D eigenvalue weighted by Gasteiger charge is -2.05. The molecule has 0 aromatic carbocycles. The molecule has 2 amide bonds. The Balaban J connectivity index is 1.99. The van der Waals surface area contributed by atoms with Gasteiger partial charge in [-0.3, -0.25) is 4.79 Å². The van der Waals surface area contributed by atoms with Crippen LogP contribution in [0, 0.1) is 0 Å². The Morgan fingerprint density at radius 3 is 2.75 bits per heavy atom. The number of carboxylic acid groups (broad SMARTS) is 1. The maximum absolute atomic E-state index is 11.1. The van der Waals surface area contributed by atoms with E-state index in [0.717, 1.165) is 12.8 Å². The number of hydrogen-bond acceptors (Lipinski definition) is 2. The Bertz CT molecular complexity index is 247. The molecule has 1 unspecified atom stereocenters. The van der Waals surface area contributed by atoms with Gasteiger partial charge in [-0.05, 0) is 19.3 Å². The molecule has 1 spiro atoms. The third kappa shape index (κ3) is 1.11. The fourth-order valence-electron chi connectivity index (χ4n) is 1.63. The highest BCUT2D eigenvalue weighted by atomic mass is 16.4. The van der Waals surface area contributed by atoms with Crippen molar-refractivity contribution in [3.8, 4) is 0 Å². The summed E-state index contributed by atoms with van der Waals surface area (Å²) in [7, 11) is 0. The monoisotopic (exact) mass is 170 g/mol. The number of nitrogens with one attached hydrogen (secondary N) is 2. The van der Waals surface area contributed by atoms with Gasteiger partial charge in [-0.25, -0.2) is 4.79 Å². The molecule has 2 rings (SSSR count). The summed E-state index contributed by atoms with van der Waals surface area (Å²) in [5.41, 5.74) is -0.0514. The van der Waals surface area contributed by atoms with E-state index in [0.29, 0.717) is 6.42 Å². The number of carbonyl (C=O) groups is 2. The first-order valence-corrected chi connectivity index (χ1v) is 3.93. The van der Waals surface area contributed by atoms with Crippen molar-refractivity contribution in [2.24, 2.45) is 0 Å². The van der Waals surface area contributed by atoms with Crippen LogP contribution < -0.4 is 10.6 Å². The summed E-state index contributed by atoms with van der Waals surface area (Å²) < 4.78 is 0. The molecule has 66 valence electrons. The van der Waals surface area contributed by atoms with Crippen LogP contribution >= 0.6 is 0 Å². The zero-order valence-corrected chi connectivity index (χ0v) is 6.46. The quantitative estimate of drug-likeness (QED) is 0.504. The average Bonchev–Trinajstić information content (AvgIpc) is 2.59. The van der Waals surface area contributed by atoms with Crippen LogP contribution in [0.15, 0.2) is 0 Å². The van der Waals surface area contributed by atoms with Crippen molar-refractivity contribution in [2.75, 3.05) is 0 Å². The van der Waals surface area contributed by atoms with Crippen molar-refractivity contribution in [1.29, 1.82) is 0 Å². The normalized spacial score (nSPS) is 30.0. The van der Waals surface area contributed by atoms with Crippen LogP contribution in [0.2, 0.25) is 0 Å². The van der Waals surface area contributed by atoms with Gasteiger partial charge in [0.25, 0.3) is 0 Å². The molecule has 2 aliphatic rings. The van der Waals surface area contributed by atoms with Gasteiger partial charge in [0.1, 0.15) is 6.04 Å². The largest absolute Gasteiger partial charge is 0.465 e. The summed E-state index contributed by atoms with van der Waals surface area (Å²) in [6.07, 6.45) is 1.44. The molecule has 3 N–H and O–H groups in total. The lowest BCUT2D eigenvalue weighted by Crippen LogP contribution is -2.39. The molecule has 0 radical (unpaired) electrons. The van der Waals surface area contributed by atoms with Gasteiger partial charge in [-0.15, -0.1) is 0 Å². The molecule has 1 aliphatic carbocycles. The van der Waals surface area contributed by atoms with Crippen LogP contribution in [-0.2, 0) is 4.79 Å². The van der Waals surface area contributed by atoms with Crippen LogP contribution in [0.3, 0.4) is 0 Å². The van der Waals surface area contributed by atoms with Gasteiger partial charge in [0, 0.05) is 5.54 Å². The van der Waals surface area contributed by atoms with Crippen LogP contribution in [-0.4, -0.2) is 28.7 Å². The SMILES string of the molecule is O=C(O)NC1CC2(CC2)NC1=O. The molecular formula is C7H10N2O3. The second-order valence-corrected chi connectivity index (χ2v) is 3.48. The predicted molar refractivity (Wildman–Crippen MR) is 39.7 cm³/mol. The molecule has 1 saturated carbocycles. The van der Waals surface area contributed by atoms with Crippen molar-refractivity contribution in [3.05, 3.63) is 0 Å². The van der Waals surface area contributed by atoms with E-state index in [2.05, 4.69) is 10.6 Å². The van der Waals surface area contributed by atoms with E-state index < -0.39 is 12.1 Å². The zero-order valence-electron chi connectivity index (χ0n) is 6.46. The minimum Gasteiger partial charge on any atom is -0.465 e. The second-order valence-electron chi connectivity index (χ2n) is 3.48. The molecule has 1 atom stereocenters. The number of carbonyl (C=O) groups excluding carboxylic acids is 1. The van der Waals surface area contributed by atoms with Gasteiger partial charge >= 0.3 is 6.09 Å². The van der Waals surface area contributed by atoms with Gasteiger partial charge in [-0.2, -0.15) is 0 Å². The standard InChI is InChI=1S/C7H10N2O3/c10-5-4(8-6(11)12)3-7(9-5)1-2-7/h4,8H,1-3H2,(H,9,10)(H,11,12). The molecule has 1 aliphatic heterocycles. The highest BCUT2D eigenvalue weighted by Crippen LogP contribution is 2.42. The van der Waals surface area contributed by atoms with E-state index in [4.69, 9.17) is 5.11 Å².